The minimum Gasteiger partial charge on any atom is -0.284 e. The molecule has 0 saturated heterocycles. The Morgan fingerprint density at radius 2 is 0.808 bits per heavy atom. The third kappa shape index (κ3) is 24.1. The van der Waals surface area contributed by atoms with Crippen LogP contribution in [0.15, 0.2) is 0 Å². The average Bonchev–Trinajstić information content (AvgIpc) is 2.62. The summed E-state index contributed by atoms with van der Waals surface area (Å²) in [5.41, 5.74) is 0. The maximum Gasteiger partial charge on any atom is 0.301 e. The van der Waals surface area contributed by atoms with E-state index >= 15 is 0 Å². The van der Waals surface area contributed by atoms with Crippen molar-refractivity contribution in [3.8, 4) is 0 Å². The van der Waals surface area contributed by atoms with Gasteiger partial charge >= 0.3 is 11.4 Å². The van der Waals surface area contributed by atoms with Crippen LogP contribution in [0.1, 0.15) is 135 Å². The Hall–Kier alpha value is 0.0700. The summed E-state index contributed by atoms with van der Waals surface area (Å²) in [5, 5.41) is 0. The van der Waals surface area contributed by atoms with Crippen LogP contribution < -0.4 is 0 Å². The van der Waals surface area contributed by atoms with E-state index in [1.807, 2.05) is 0 Å². The molecule has 0 aromatic rings. The van der Waals surface area contributed by atoms with E-state index in [0.717, 1.165) is 12.8 Å². The summed E-state index contributed by atoms with van der Waals surface area (Å²) in [5.74, 6) is 0. The van der Waals surface area contributed by atoms with Crippen molar-refractivity contribution in [3.05, 3.63) is 0 Å². The van der Waals surface area contributed by atoms with Crippen LogP contribution >= 0.6 is 0 Å². The minimum absolute atomic E-state index is 0.405. The van der Waals surface area contributed by atoms with Crippen molar-refractivity contribution in [1.29, 1.82) is 0 Å². The Kier molecular flexibility index (Phi) is 23.2. The van der Waals surface area contributed by atoms with E-state index in [1.54, 1.807) is 0 Å². The number of rotatable bonds is 22. The summed E-state index contributed by atoms with van der Waals surface area (Å²) >= 11 is -2.09. The van der Waals surface area contributed by atoms with Gasteiger partial charge in [0.15, 0.2) is 0 Å². The first-order valence-electron chi connectivity index (χ1n) is 11.5. The summed E-state index contributed by atoms with van der Waals surface area (Å²) in [7, 11) is 0. The lowest BCUT2D eigenvalue weighted by Crippen LogP contribution is -1.97. The molecule has 0 spiro atoms. The Balaban J connectivity index is 2.98. The molecule has 1 N–H and O–H groups in total. The lowest BCUT2D eigenvalue weighted by Gasteiger charge is -2.04. The van der Waals surface area contributed by atoms with Crippen molar-refractivity contribution in [2.24, 2.45) is 0 Å². The Labute approximate surface area is 166 Å². The first kappa shape index (κ1) is 26.1. The number of hydrogen-bond donors (Lipinski definition) is 1. The largest absolute Gasteiger partial charge is 0.301 e. The van der Waals surface area contributed by atoms with Gasteiger partial charge in [-0.3, -0.25) is 8.74 Å². The molecule has 0 amide bonds. The molecule has 0 heterocycles. The normalized spacial score (nSPS) is 12.5. The third-order valence-corrected chi connectivity index (χ3v) is 5.55. The highest BCUT2D eigenvalue weighted by atomic mass is 32.2. The molecule has 1 atom stereocenters. The third-order valence-electron chi connectivity index (χ3n) is 5.18. The van der Waals surface area contributed by atoms with Crippen LogP contribution in [0, 0.1) is 0 Å². The zero-order valence-corrected chi connectivity index (χ0v) is 18.3. The Morgan fingerprint density at radius 1 is 0.538 bits per heavy atom. The fourth-order valence-corrected chi connectivity index (χ4v) is 3.75. The average molecular weight is 391 g/mol. The molecule has 0 aliphatic carbocycles. The molecule has 3 nitrogen and oxygen atoms in total. The van der Waals surface area contributed by atoms with Gasteiger partial charge in [-0.25, -0.2) is 0 Å². The van der Waals surface area contributed by atoms with E-state index < -0.39 is 11.4 Å². The molecule has 158 valence electrons. The fraction of sp³-hybridized carbons (Fsp3) is 1.00. The van der Waals surface area contributed by atoms with Gasteiger partial charge in [-0.1, -0.05) is 129 Å². The lowest BCUT2D eigenvalue weighted by atomic mass is 10.0. The highest BCUT2D eigenvalue weighted by molar-refractivity contribution is 7.74. The van der Waals surface area contributed by atoms with Gasteiger partial charge in [0.05, 0.1) is 6.61 Å². The zero-order valence-electron chi connectivity index (χ0n) is 17.5. The van der Waals surface area contributed by atoms with Crippen molar-refractivity contribution >= 4 is 11.4 Å². The van der Waals surface area contributed by atoms with Crippen molar-refractivity contribution < 1.29 is 12.9 Å². The summed E-state index contributed by atoms with van der Waals surface area (Å²) in [6.07, 6.45) is 27.3. The van der Waals surface area contributed by atoms with E-state index in [9.17, 15) is 4.21 Å². The van der Waals surface area contributed by atoms with Gasteiger partial charge in [0.25, 0.3) is 0 Å². The van der Waals surface area contributed by atoms with Crippen LogP contribution in [0.5, 0.6) is 0 Å². The molecule has 0 aliphatic heterocycles. The summed E-state index contributed by atoms with van der Waals surface area (Å²) < 4.78 is 23.4. The van der Waals surface area contributed by atoms with E-state index in [1.165, 1.54) is 116 Å². The van der Waals surface area contributed by atoms with Gasteiger partial charge in [-0.2, -0.15) is 4.21 Å². The molecular weight excluding hydrogens is 344 g/mol. The van der Waals surface area contributed by atoms with E-state index in [-0.39, 0.29) is 0 Å². The molecule has 0 fully saturated rings. The molecule has 1 unspecified atom stereocenters. The second-order valence-corrected chi connectivity index (χ2v) is 8.43. The summed E-state index contributed by atoms with van der Waals surface area (Å²) in [6, 6.07) is 0. The highest BCUT2D eigenvalue weighted by Crippen LogP contribution is 2.14. The quantitative estimate of drug-likeness (QED) is 0.151. The summed E-state index contributed by atoms with van der Waals surface area (Å²) in [4.78, 5) is 0. The van der Waals surface area contributed by atoms with E-state index in [4.69, 9.17) is 4.55 Å². The fourth-order valence-electron chi connectivity index (χ4n) is 3.49. The predicted molar refractivity (Wildman–Crippen MR) is 115 cm³/mol. The van der Waals surface area contributed by atoms with Gasteiger partial charge < -0.3 is 0 Å². The zero-order chi connectivity index (χ0) is 19.1. The van der Waals surface area contributed by atoms with Gasteiger partial charge in [-0.15, -0.1) is 0 Å². The predicted octanol–water partition coefficient (Wildman–Crippen LogP) is 7.96. The van der Waals surface area contributed by atoms with Crippen molar-refractivity contribution in [3.63, 3.8) is 0 Å². The second-order valence-electron chi connectivity index (χ2n) is 7.76. The number of hydrogen-bond acceptors (Lipinski definition) is 2. The van der Waals surface area contributed by atoms with Gasteiger partial charge in [0, 0.05) is 0 Å². The van der Waals surface area contributed by atoms with Crippen LogP contribution in [0.2, 0.25) is 0 Å². The standard InChI is InChI=1S/C22H46O3S/c1-2-3-4-5-6-7-8-9-10-11-12-13-14-15-16-17-18-19-20-21-22-25-26(23)24/h2-22H2,1H3,(H,23,24). The maximum absolute atomic E-state index is 10.3. The van der Waals surface area contributed by atoms with Crippen molar-refractivity contribution in [2.45, 2.75) is 135 Å². The van der Waals surface area contributed by atoms with Gasteiger partial charge in [0.1, 0.15) is 0 Å². The van der Waals surface area contributed by atoms with E-state index in [0.29, 0.717) is 6.61 Å². The molecule has 0 aliphatic rings. The molecule has 26 heavy (non-hydrogen) atoms. The van der Waals surface area contributed by atoms with E-state index in [2.05, 4.69) is 11.1 Å². The van der Waals surface area contributed by atoms with Crippen LogP contribution in [0.3, 0.4) is 0 Å². The topological polar surface area (TPSA) is 46.5 Å². The number of unbranched alkanes of at least 4 members (excludes halogenated alkanes) is 19. The molecule has 0 saturated carbocycles. The molecule has 0 aromatic heterocycles. The summed E-state index contributed by atoms with van der Waals surface area (Å²) in [6.45, 7) is 2.69. The Morgan fingerprint density at radius 3 is 1.08 bits per heavy atom. The monoisotopic (exact) mass is 390 g/mol. The minimum atomic E-state index is -2.09. The SMILES string of the molecule is CCCCCCCCCCCCCCCCCCCCCCOS(=O)O. The molecule has 0 rings (SSSR count). The van der Waals surface area contributed by atoms with Gasteiger partial charge in [-0.05, 0) is 6.42 Å². The Bertz CT molecular complexity index is 285. The van der Waals surface area contributed by atoms with Crippen LogP contribution in [-0.2, 0) is 15.5 Å². The first-order valence-corrected chi connectivity index (χ1v) is 12.5. The van der Waals surface area contributed by atoms with Crippen LogP contribution in [0.4, 0.5) is 0 Å². The molecule has 0 bridgehead atoms. The molecule has 0 radical (unpaired) electrons. The second kappa shape index (κ2) is 23.1. The molecular formula is C22H46O3S. The lowest BCUT2D eigenvalue weighted by molar-refractivity contribution is 0.296. The molecule has 4 heteroatoms. The van der Waals surface area contributed by atoms with Crippen LogP contribution in [0.25, 0.3) is 0 Å². The van der Waals surface area contributed by atoms with Crippen LogP contribution in [-0.4, -0.2) is 15.4 Å². The van der Waals surface area contributed by atoms with Crippen molar-refractivity contribution in [1.82, 2.24) is 0 Å². The smallest absolute Gasteiger partial charge is 0.284 e. The molecule has 0 aromatic carbocycles. The maximum atomic E-state index is 10.3. The highest BCUT2D eigenvalue weighted by Gasteiger charge is 1.96. The first-order chi connectivity index (χ1) is 12.8. The van der Waals surface area contributed by atoms with Gasteiger partial charge in [0.2, 0.25) is 0 Å². The van der Waals surface area contributed by atoms with Crippen molar-refractivity contribution in [2.75, 3.05) is 6.61 Å².